The molecule has 0 aliphatic rings. The lowest BCUT2D eigenvalue weighted by molar-refractivity contribution is -0.145. The van der Waals surface area contributed by atoms with Crippen molar-refractivity contribution in [1.29, 1.82) is 0 Å². The highest BCUT2D eigenvalue weighted by Crippen LogP contribution is 2.18. The summed E-state index contributed by atoms with van der Waals surface area (Å²) < 4.78 is 31.1. The quantitative estimate of drug-likeness (QED) is 0.263. The molecule has 1 aromatic rings. The Labute approximate surface area is 120 Å². The molecule has 0 bridgehead atoms. The smallest absolute Gasteiger partial charge is 0.327 e. The predicted molar refractivity (Wildman–Crippen MR) is 72.4 cm³/mol. The Morgan fingerprint density at radius 3 is 2.86 bits per heavy atom. The second-order valence-corrected chi connectivity index (χ2v) is 4.12. The first-order valence-electron chi connectivity index (χ1n) is 6.46. The normalized spacial score (nSPS) is 11.6. The van der Waals surface area contributed by atoms with Gasteiger partial charge in [-0.3, -0.25) is 0 Å². The number of nitrogens with one attached hydrogen (secondary N) is 1. The fraction of sp³-hybridized carbons (Fsp3) is 0.462. The molecule has 6 nitrogen and oxygen atoms in total. The zero-order valence-electron chi connectivity index (χ0n) is 11.6. The number of esters is 1. The Morgan fingerprint density at radius 1 is 1.48 bits per heavy atom. The van der Waals surface area contributed by atoms with Gasteiger partial charge in [-0.25, -0.2) is 13.6 Å². The van der Waals surface area contributed by atoms with E-state index in [0.29, 0.717) is 13.0 Å². The number of hydrogen-bond donors (Lipinski definition) is 1. The van der Waals surface area contributed by atoms with Crippen LogP contribution in [0.25, 0.3) is 10.4 Å². The lowest BCUT2D eigenvalue weighted by Crippen LogP contribution is -2.31. The summed E-state index contributed by atoms with van der Waals surface area (Å²) in [6.07, 6.45) is 0.504. The molecule has 1 rings (SSSR count). The number of rotatable bonds is 8. The third-order valence-electron chi connectivity index (χ3n) is 2.65. The van der Waals surface area contributed by atoms with Gasteiger partial charge in [0.1, 0.15) is 6.04 Å². The van der Waals surface area contributed by atoms with E-state index in [2.05, 4.69) is 15.3 Å². The van der Waals surface area contributed by atoms with Gasteiger partial charge in [-0.2, -0.15) is 0 Å². The van der Waals surface area contributed by atoms with Crippen molar-refractivity contribution in [3.8, 4) is 0 Å². The molecule has 0 heterocycles. The summed E-state index contributed by atoms with van der Waals surface area (Å²) in [5.74, 6) is -2.59. The molecule has 1 unspecified atom stereocenters. The molecule has 1 N–H and O–H groups in total. The third-order valence-corrected chi connectivity index (χ3v) is 2.65. The van der Waals surface area contributed by atoms with Gasteiger partial charge in [-0.05, 0) is 43.1 Å². The summed E-state index contributed by atoms with van der Waals surface area (Å²) in [4.78, 5) is 14.5. The molecule has 8 heteroatoms. The van der Waals surface area contributed by atoms with Crippen LogP contribution in [0.4, 0.5) is 8.78 Å². The van der Waals surface area contributed by atoms with E-state index in [1.807, 2.05) is 0 Å². The Morgan fingerprint density at radius 2 is 2.24 bits per heavy atom. The van der Waals surface area contributed by atoms with Crippen molar-refractivity contribution in [2.45, 2.75) is 19.4 Å². The maximum Gasteiger partial charge on any atom is 0.327 e. The molecule has 1 aromatic carbocycles. The van der Waals surface area contributed by atoms with Crippen molar-refractivity contribution < 1.29 is 18.3 Å². The van der Waals surface area contributed by atoms with Crippen LogP contribution in [-0.4, -0.2) is 25.7 Å². The summed E-state index contributed by atoms with van der Waals surface area (Å²) in [6, 6.07) is 2.34. The van der Waals surface area contributed by atoms with Gasteiger partial charge in [0, 0.05) is 11.5 Å². The van der Waals surface area contributed by atoms with E-state index in [-0.39, 0.29) is 18.7 Å². The predicted octanol–water partition coefficient (Wildman–Crippen LogP) is 2.86. The molecule has 21 heavy (non-hydrogen) atoms. The van der Waals surface area contributed by atoms with Crippen molar-refractivity contribution in [3.63, 3.8) is 0 Å². The van der Waals surface area contributed by atoms with Gasteiger partial charge >= 0.3 is 5.97 Å². The second-order valence-electron chi connectivity index (χ2n) is 4.12. The van der Waals surface area contributed by atoms with Crippen LogP contribution in [0.15, 0.2) is 23.3 Å². The summed E-state index contributed by atoms with van der Waals surface area (Å²) in [7, 11) is 0. The molecule has 0 radical (unpaired) electrons. The minimum Gasteiger partial charge on any atom is -0.465 e. The summed E-state index contributed by atoms with van der Waals surface area (Å²) in [5, 5.41) is 6.24. The topological polar surface area (TPSA) is 87.1 Å². The summed E-state index contributed by atoms with van der Waals surface area (Å²) >= 11 is 0. The fourth-order valence-electron chi connectivity index (χ4n) is 1.70. The highest BCUT2D eigenvalue weighted by Gasteiger charge is 2.22. The van der Waals surface area contributed by atoms with Gasteiger partial charge in [0.15, 0.2) is 11.6 Å². The molecule has 1 atom stereocenters. The van der Waals surface area contributed by atoms with E-state index in [0.717, 1.165) is 12.1 Å². The van der Waals surface area contributed by atoms with Gasteiger partial charge in [0.2, 0.25) is 0 Å². The molecular weight excluding hydrogens is 282 g/mol. The number of nitrogens with zero attached hydrogens (tertiary/aromatic N) is 3. The maximum absolute atomic E-state index is 13.3. The molecule has 114 valence electrons. The van der Waals surface area contributed by atoms with Crippen molar-refractivity contribution in [1.82, 2.24) is 5.32 Å². The van der Waals surface area contributed by atoms with Crippen LogP contribution in [0.2, 0.25) is 0 Å². The first kappa shape index (κ1) is 16.9. The van der Waals surface area contributed by atoms with E-state index in [1.54, 1.807) is 6.92 Å². The molecule has 0 aliphatic carbocycles. The molecule has 0 saturated heterocycles. The third kappa shape index (κ3) is 5.37. The van der Waals surface area contributed by atoms with Crippen LogP contribution in [0, 0.1) is 11.6 Å². The van der Waals surface area contributed by atoms with Crippen LogP contribution in [0.3, 0.4) is 0 Å². The highest BCUT2D eigenvalue weighted by atomic mass is 19.2. The fourth-order valence-corrected chi connectivity index (χ4v) is 1.70. The Bertz CT molecular complexity index is 533. The van der Waals surface area contributed by atoms with E-state index < -0.39 is 23.6 Å². The van der Waals surface area contributed by atoms with Crippen LogP contribution in [0.1, 0.15) is 24.9 Å². The summed E-state index contributed by atoms with van der Waals surface area (Å²) in [6.45, 7) is 2.47. The largest absolute Gasteiger partial charge is 0.465 e. The number of benzene rings is 1. The number of azide groups is 1. The zero-order chi connectivity index (χ0) is 15.7. The van der Waals surface area contributed by atoms with E-state index in [1.165, 1.54) is 6.07 Å². The van der Waals surface area contributed by atoms with Crippen molar-refractivity contribution in [2.75, 3.05) is 19.7 Å². The van der Waals surface area contributed by atoms with Crippen LogP contribution in [-0.2, 0) is 9.53 Å². The molecule has 0 amide bonds. The Balaban J connectivity index is 2.78. The van der Waals surface area contributed by atoms with E-state index in [9.17, 15) is 13.6 Å². The molecular formula is C13H16F2N4O2. The van der Waals surface area contributed by atoms with E-state index >= 15 is 0 Å². The number of carbonyl (C=O) groups excluding carboxylic acids is 1. The first-order valence-corrected chi connectivity index (χ1v) is 6.46. The van der Waals surface area contributed by atoms with Crippen LogP contribution >= 0.6 is 0 Å². The zero-order valence-corrected chi connectivity index (χ0v) is 11.6. The SMILES string of the molecule is CCOC(=O)C(NCCCN=[N+]=[N-])c1ccc(F)c(F)c1. The lowest BCUT2D eigenvalue weighted by Gasteiger charge is -2.17. The van der Waals surface area contributed by atoms with E-state index in [4.69, 9.17) is 10.3 Å². The number of halogens is 2. The van der Waals surface area contributed by atoms with Gasteiger partial charge < -0.3 is 10.1 Å². The monoisotopic (exact) mass is 298 g/mol. The molecule has 0 saturated carbocycles. The van der Waals surface area contributed by atoms with Gasteiger partial charge in [0.05, 0.1) is 6.61 Å². The second kappa shape index (κ2) is 8.89. The number of ether oxygens (including phenoxy) is 1. The molecule has 0 fully saturated rings. The average Bonchev–Trinajstić information content (AvgIpc) is 2.46. The van der Waals surface area contributed by atoms with Gasteiger partial charge in [-0.1, -0.05) is 11.2 Å². The molecule has 0 aromatic heterocycles. The summed E-state index contributed by atoms with van der Waals surface area (Å²) in [5.41, 5.74) is 8.43. The van der Waals surface area contributed by atoms with Crippen molar-refractivity contribution >= 4 is 5.97 Å². The minimum absolute atomic E-state index is 0.180. The highest BCUT2D eigenvalue weighted by molar-refractivity contribution is 5.77. The van der Waals surface area contributed by atoms with Gasteiger partial charge in [-0.15, -0.1) is 0 Å². The number of hydrogen-bond acceptors (Lipinski definition) is 4. The lowest BCUT2D eigenvalue weighted by atomic mass is 10.1. The van der Waals surface area contributed by atoms with Crippen molar-refractivity contribution in [3.05, 3.63) is 45.8 Å². The number of carbonyl (C=O) groups is 1. The minimum atomic E-state index is -1.03. The Hall–Kier alpha value is -2.18. The van der Waals surface area contributed by atoms with Crippen molar-refractivity contribution in [2.24, 2.45) is 5.11 Å². The standard InChI is InChI=1S/C13H16F2N4O2/c1-2-21-13(20)12(17-6-3-7-18-19-16)9-4-5-10(14)11(15)8-9/h4-5,8,12,17H,2-3,6-7H2,1H3. The first-order chi connectivity index (χ1) is 10.1. The Kier molecular flexibility index (Phi) is 7.14. The molecule has 0 spiro atoms. The maximum atomic E-state index is 13.3. The van der Waals surface area contributed by atoms with Crippen LogP contribution in [0.5, 0.6) is 0 Å². The van der Waals surface area contributed by atoms with Crippen LogP contribution < -0.4 is 5.32 Å². The van der Waals surface area contributed by atoms with Gasteiger partial charge in [0.25, 0.3) is 0 Å². The molecule has 0 aliphatic heterocycles. The average molecular weight is 298 g/mol.